The van der Waals surface area contributed by atoms with E-state index in [2.05, 4.69) is 20.5 Å². The monoisotopic (exact) mass is 433 g/mol. The van der Waals surface area contributed by atoms with E-state index in [1.54, 1.807) is 6.20 Å². The summed E-state index contributed by atoms with van der Waals surface area (Å²) in [5.74, 6) is 0.958. The van der Waals surface area contributed by atoms with E-state index in [-0.39, 0.29) is 11.9 Å². The molecule has 32 heavy (non-hydrogen) atoms. The molecule has 0 saturated carbocycles. The quantitative estimate of drug-likeness (QED) is 0.429. The highest BCUT2D eigenvalue weighted by Crippen LogP contribution is 2.30. The van der Waals surface area contributed by atoms with Gasteiger partial charge in [0.05, 0.1) is 22.6 Å². The zero-order valence-electron chi connectivity index (χ0n) is 18.0. The number of rotatable bonds is 6. The summed E-state index contributed by atoms with van der Waals surface area (Å²) in [4.78, 5) is 17.1. The summed E-state index contributed by atoms with van der Waals surface area (Å²) in [6.45, 7) is 4.26. The molecule has 4 aromatic rings. The molecular weight excluding hydrogens is 406 g/mol. The minimum absolute atomic E-state index is 0.0312. The van der Waals surface area contributed by atoms with Crippen LogP contribution in [0.2, 0.25) is 0 Å². The van der Waals surface area contributed by atoms with Gasteiger partial charge >= 0.3 is 0 Å². The van der Waals surface area contributed by atoms with Crippen LogP contribution in [-0.4, -0.2) is 50.6 Å². The van der Waals surface area contributed by atoms with E-state index in [4.69, 9.17) is 15.6 Å². The fourth-order valence-corrected chi connectivity index (χ4v) is 4.25. The van der Waals surface area contributed by atoms with Gasteiger partial charge in [0, 0.05) is 49.5 Å². The summed E-state index contributed by atoms with van der Waals surface area (Å²) < 4.78 is 7.20. The highest BCUT2D eigenvalue weighted by atomic mass is 16.5. The Hall–Kier alpha value is -3.46. The van der Waals surface area contributed by atoms with Crippen LogP contribution in [-0.2, 0) is 9.53 Å². The van der Waals surface area contributed by atoms with Crippen LogP contribution in [0.25, 0.3) is 33.1 Å². The maximum absolute atomic E-state index is 12.5. The van der Waals surface area contributed by atoms with Crippen LogP contribution in [0, 0.1) is 5.92 Å². The number of nitrogens with two attached hydrogens (primary N) is 1. The summed E-state index contributed by atoms with van der Waals surface area (Å²) in [6, 6.07) is 7.80. The smallest absolute Gasteiger partial charge is 0.222 e. The number of nitrogen functional groups attached to an aromatic ring is 1. The number of hydrogen-bond acceptors (Lipinski definition) is 6. The van der Waals surface area contributed by atoms with E-state index in [0.717, 1.165) is 59.1 Å². The molecule has 1 fully saturated rings. The van der Waals surface area contributed by atoms with Gasteiger partial charge in [-0.1, -0.05) is 6.07 Å². The van der Waals surface area contributed by atoms with Gasteiger partial charge in [0.1, 0.15) is 11.3 Å². The minimum atomic E-state index is -0.101. The molecule has 1 saturated heterocycles. The Labute approximate surface area is 185 Å². The van der Waals surface area contributed by atoms with Gasteiger partial charge in [0.15, 0.2) is 0 Å². The topological polar surface area (TPSA) is 124 Å². The van der Waals surface area contributed by atoms with Crippen LogP contribution in [0.15, 0.2) is 36.7 Å². The summed E-state index contributed by atoms with van der Waals surface area (Å²) in [5, 5.41) is 16.5. The molecule has 1 unspecified atom stereocenters. The Morgan fingerprint density at radius 1 is 1.31 bits per heavy atom. The summed E-state index contributed by atoms with van der Waals surface area (Å²) >= 11 is 0. The third kappa shape index (κ3) is 4.03. The van der Waals surface area contributed by atoms with Crippen LogP contribution >= 0.6 is 0 Å². The number of benzene rings is 1. The van der Waals surface area contributed by atoms with Crippen molar-refractivity contribution in [2.75, 3.05) is 25.5 Å². The Bertz CT molecular complexity index is 1240. The zero-order chi connectivity index (χ0) is 22.1. The maximum atomic E-state index is 12.5. The van der Waals surface area contributed by atoms with Crippen molar-refractivity contribution >= 4 is 33.5 Å². The second-order valence-electron chi connectivity index (χ2n) is 8.48. The number of hydrogen-bond donors (Lipinski definition) is 3. The predicted octanol–water partition coefficient (Wildman–Crippen LogP) is 3.05. The Balaban J connectivity index is 1.35. The van der Waals surface area contributed by atoms with E-state index >= 15 is 0 Å². The molecule has 0 bridgehead atoms. The highest BCUT2D eigenvalue weighted by Gasteiger charge is 2.18. The standard InChI is InChI=1S/C23H27N7O2/c1-14(10-21(31)25-12-15-5-8-32-9-6-15)30-13-18-22(29-30)17-3-2-16(19-4-7-26-28-19)11-20(17)27-23(18)24/h2-4,7,11,13-15H,5-6,8-10,12H2,1H3,(H2,24,27)(H,25,31)(H,26,28). The molecule has 166 valence electrons. The number of pyridine rings is 1. The molecule has 0 aliphatic carbocycles. The van der Waals surface area contributed by atoms with E-state index in [1.165, 1.54) is 0 Å². The second kappa shape index (κ2) is 8.58. The van der Waals surface area contributed by atoms with Crippen molar-refractivity contribution in [2.45, 2.75) is 32.2 Å². The molecule has 0 spiro atoms. The van der Waals surface area contributed by atoms with Gasteiger partial charge in [0.2, 0.25) is 5.91 Å². The SMILES string of the molecule is CC(CC(=O)NCC1CCOCC1)n1cc2c(N)nc3cc(-c4ccn[nH]4)ccc3c2n1. The number of carbonyl (C=O) groups is 1. The van der Waals surface area contributed by atoms with Gasteiger partial charge in [-0.15, -0.1) is 0 Å². The van der Waals surface area contributed by atoms with Gasteiger partial charge < -0.3 is 15.8 Å². The molecule has 9 heteroatoms. The van der Waals surface area contributed by atoms with Gasteiger partial charge in [0.25, 0.3) is 0 Å². The van der Waals surface area contributed by atoms with Crippen LogP contribution in [0.4, 0.5) is 5.82 Å². The van der Waals surface area contributed by atoms with Crippen molar-refractivity contribution in [3.05, 3.63) is 36.7 Å². The number of carbonyl (C=O) groups excluding carboxylic acids is 1. The molecule has 1 amide bonds. The summed E-state index contributed by atoms with van der Waals surface area (Å²) in [6.07, 6.45) is 5.96. The van der Waals surface area contributed by atoms with Gasteiger partial charge in [-0.3, -0.25) is 14.6 Å². The molecule has 1 aromatic carbocycles. The Kier molecular flexibility index (Phi) is 5.48. The first-order valence-electron chi connectivity index (χ1n) is 11.0. The third-order valence-corrected chi connectivity index (χ3v) is 6.17. The number of H-pyrrole nitrogens is 1. The number of amides is 1. The predicted molar refractivity (Wildman–Crippen MR) is 123 cm³/mol. The van der Waals surface area contributed by atoms with E-state index in [1.807, 2.05) is 42.1 Å². The fraction of sp³-hybridized carbons (Fsp3) is 0.391. The van der Waals surface area contributed by atoms with E-state index in [9.17, 15) is 4.79 Å². The maximum Gasteiger partial charge on any atom is 0.222 e. The van der Waals surface area contributed by atoms with Crippen LogP contribution < -0.4 is 11.1 Å². The third-order valence-electron chi connectivity index (χ3n) is 6.17. The molecular formula is C23H27N7O2. The fourth-order valence-electron chi connectivity index (χ4n) is 4.25. The normalized spacial score (nSPS) is 15.9. The zero-order valence-corrected chi connectivity index (χ0v) is 18.0. The van der Waals surface area contributed by atoms with Crippen molar-refractivity contribution < 1.29 is 9.53 Å². The average Bonchev–Trinajstić information content (AvgIpc) is 3.49. The van der Waals surface area contributed by atoms with Crippen molar-refractivity contribution in [3.8, 4) is 11.3 Å². The second-order valence-corrected chi connectivity index (χ2v) is 8.48. The molecule has 3 aromatic heterocycles. The molecule has 0 radical (unpaired) electrons. The number of nitrogens with one attached hydrogen (secondary N) is 2. The summed E-state index contributed by atoms with van der Waals surface area (Å²) in [5.41, 5.74) is 9.72. The van der Waals surface area contributed by atoms with Gasteiger partial charge in [-0.05, 0) is 43.9 Å². The first-order chi connectivity index (χ1) is 15.6. The molecule has 1 aliphatic rings. The molecule has 4 N–H and O–H groups in total. The van der Waals surface area contributed by atoms with Crippen molar-refractivity contribution in [3.63, 3.8) is 0 Å². The molecule has 1 aliphatic heterocycles. The first kappa shape index (κ1) is 20.4. The number of nitrogens with zero attached hydrogens (tertiary/aromatic N) is 4. The Morgan fingerprint density at radius 2 is 2.16 bits per heavy atom. The molecule has 5 rings (SSSR count). The van der Waals surface area contributed by atoms with Gasteiger partial charge in [-0.2, -0.15) is 10.2 Å². The van der Waals surface area contributed by atoms with Crippen molar-refractivity contribution in [1.29, 1.82) is 0 Å². The van der Waals surface area contributed by atoms with Crippen LogP contribution in [0.1, 0.15) is 32.2 Å². The number of fused-ring (bicyclic) bond motifs is 3. The molecule has 1 atom stereocenters. The number of aromatic amines is 1. The lowest BCUT2D eigenvalue weighted by Gasteiger charge is -2.22. The lowest BCUT2D eigenvalue weighted by atomic mass is 10.0. The highest BCUT2D eigenvalue weighted by molar-refractivity contribution is 6.08. The number of ether oxygens (including phenoxy) is 1. The summed E-state index contributed by atoms with van der Waals surface area (Å²) in [7, 11) is 0. The van der Waals surface area contributed by atoms with E-state index in [0.29, 0.717) is 24.7 Å². The Morgan fingerprint density at radius 3 is 2.94 bits per heavy atom. The van der Waals surface area contributed by atoms with Crippen LogP contribution in [0.3, 0.4) is 0 Å². The lowest BCUT2D eigenvalue weighted by molar-refractivity contribution is -0.122. The minimum Gasteiger partial charge on any atom is -0.383 e. The molecule has 9 nitrogen and oxygen atoms in total. The first-order valence-corrected chi connectivity index (χ1v) is 11.0. The van der Waals surface area contributed by atoms with Crippen molar-refractivity contribution in [2.24, 2.45) is 5.92 Å². The lowest BCUT2D eigenvalue weighted by Crippen LogP contribution is -2.33. The molecule has 4 heterocycles. The number of anilines is 1. The van der Waals surface area contributed by atoms with Gasteiger partial charge in [-0.25, -0.2) is 4.98 Å². The van der Waals surface area contributed by atoms with E-state index < -0.39 is 0 Å². The number of aromatic nitrogens is 5. The largest absolute Gasteiger partial charge is 0.383 e. The van der Waals surface area contributed by atoms with Crippen molar-refractivity contribution in [1.82, 2.24) is 30.3 Å². The average molecular weight is 434 g/mol. The van der Waals surface area contributed by atoms with Crippen LogP contribution in [0.5, 0.6) is 0 Å².